The van der Waals surface area contributed by atoms with Gasteiger partial charge in [-0.1, -0.05) is 38.8 Å². The van der Waals surface area contributed by atoms with Crippen LogP contribution in [-0.4, -0.2) is 6.04 Å². The average Bonchev–Trinajstić information content (AvgIpc) is 2.40. The standard InChI is InChI=1S/C17H24F3N/c1-12(21-15-9-4-5-10-16(15,2)3)13-7-6-8-14(11-13)17(18,19)20/h6-8,11-12,15,21H,4-5,9-10H2,1-3H3. The first-order valence-electron chi connectivity index (χ1n) is 7.63. The van der Waals surface area contributed by atoms with E-state index in [2.05, 4.69) is 19.2 Å². The quantitative estimate of drug-likeness (QED) is 0.796. The molecular weight excluding hydrogens is 275 g/mol. The molecule has 21 heavy (non-hydrogen) atoms. The first-order chi connectivity index (χ1) is 9.70. The van der Waals surface area contributed by atoms with Gasteiger partial charge in [-0.2, -0.15) is 13.2 Å². The lowest BCUT2D eigenvalue weighted by molar-refractivity contribution is -0.137. The van der Waals surface area contributed by atoms with Gasteiger partial charge in [0.05, 0.1) is 5.56 Å². The number of hydrogen-bond acceptors (Lipinski definition) is 1. The van der Waals surface area contributed by atoms with Gasteiger partial charge in [0.15, 0.2) is 0 Å². The van der Waals surface area contributed by atoms with E-state index in [1.54, 1.807) is 6.07 Å². The molecule has 0 spiro atoms. The fourth-order valence-corrected chi connectivity index (χ4v) is 3.19. The van der Waals surface area contributed by atoms with E-state index >= 15 is 0 Å². The van der Waals surface area contributed by atoms with Crippen LogP contribution in [0.3, 0.4) is 0 Å². The summed E-state index contributed by atoms with van der Waals surface area (Å²) in [5.74, 6) is 0. The summed E-state index contributed by atoms with van der Waals surface area (Å²) in [7, 11) is 0. The van der Waals surface area contributed by atoms with Crippen molar-refractivity contribution in [1.82, 2.24) is 5.32 Å². The molecule has 118 valence electrons. The molecule has 0 bridgehead atoms. The predicted octanol–water partition coefficient (Wildman–Crippen LogP) is 5.32. The molecule has 0 amide bonds. The van der Waals surface area contributed by atoms with Crippen molar-refractivity contribution in [3.05, 3.63) is 35.4 Å². The summed E-state index contributed by atoms with van der Waals surface area (Å²) in [5, 5.41) is 3.54. The first kappa shape index (κ1) is 16.3. The van der Waals surface area contributed by atoms with Crippen LogP contribution in [-0.2, 0) is 6.18 Å². The number of alkyl halides is 3. The van der Waals surface area contributed by atoms with E-state index in [-0.39, 0.29) is 11.5 Å². The molecule has 1 aliphatic rings. The highest BCUT2D eigenvalue weighted by atomic mass is 19.4. The minimum Gasteiger partial charge on any atom is -0.307 e. The van der Waals surface area contributed by atoms with Crippen molar-refractivity contribution < 1.29 is 13.2 Å². The lowest BCUT2D eigenvalue weighted by atomic mass is 9.73. The summed E-state index contributed by atoms with van der Waals surface area (Å²) in [4.78, 5) is 0. The van der Waals surface area contributed by atoms with Crippen LogP contribution in [0, 0.1) is 5.41 Å². The summed E-state index contributed by atoms with van der Waals surface area (Å²) in [6.45, 7) is 6.42. The summed E-state index contributed by atoms with van der Waals surface area (Å²) < 4.78 is 38.4. The van der Waals surface area contributed by atoms with Crippen molar-refractivity contribution in [3.8, 4) is 0 Å². The van der Waals surface area contributed by atoms with E-state index in [1.807, 2.05) is 6.92 Å². The fraction of sp³-hybridized carbons (Fsp3) is 0.647. The molecule has 2 rings (SSSR count). The molecule has 2 unspecified atom stereocenters. The van der Waals surface area contributed by atoms with Crippen molar-refractivity contribution in [2.45, 2.75) is 64.7 Å². The Kier molecular flexibility index (Phi) is 4.66. The molecule has 1 aromatic rings. The molecule has 0 aromatic heterocycles. The molecule has 1 N–H and O–H groups in total. The number of rotatable bonds is 3. The lowest BCUT2D eigenvalue weighted by Gasteiger charge is -2.41. The minimum absolute atomic E-state index is 0.0744. The van der Waals surface area contributed by atoms with Crippen LogP contribution < -0.4 is 5.32 Å². The molecule has 0 radical (unpaired) electrons. The highest BCUT2D eigenvalue weighted by molar-refractivity contribution is 5.27. The van der Waals surface area contributed by atoms with Gasteiger partial charge >= 0.3 is 6.18 Å². The molecule has 1 saturated carbocycles. The normalized spacial score (nSPS) is 23.8. The largest absolute Gasteiger partial charge is 0.416 e. The minimum atomic E-state index is -4.28. The number of hydrogen-bond donors (Lipinski definition) is 1. The average molecular weight is 299 g/mol. The zero-order chi connectivity index (χ0) is 15.7. The molecule has 0 saturated heterocycles. The van der Waals surface area contributed by atoms with Gasteiger partial charge in [-0.05, 0) is 42.9 Å². The first-order valence-corrected chi connectivity index (χ1v) is 7.63. The van der Waals surface area contributed by atoms with Crippen LogP contribution >= 0.6 is 0 Å². The van der Waals surface area contributed by atoms with Crippen LogP contribution in [0.1, 0.15) is 63.6 Å². The maximum atomic E-state index is 12.8. The van der Waals surface area contributed by atoms with Gasteiger partial charge < -0.3 is 5.32 Å². The van der Waals surface area contributed by atoms with E-state index < -0.39 is 11.7 Å². The van der Waals surface area contributed by atoms with Gasteiger partial charge in [0, 0.05) is 12.1 Å². The molecule has 0 heterocycles. The zero-order valence-electron chi connectivity index (χ0n) is 12.9. The SMILES string of the molecule is CC(NC1CCCCC1(C)C)c1cccc(C(F)(F)F)c1. The molecule has 1 aromatic carbocycles. The van der Waals surface area contributed by atoms with Crippen LogP contribution in [0.2, 0.25) is 0 Å². The molecular formula is C17H24F3N. The fourth-order valence-electron chi connectivity index (χ4n) is 3.19. The van der Waals surface area contributed by atoms with Crippen molar-refractivity contribution in [2.24, 2.45) is 5.41 Å². The van der Waals surface area contributed by atoms with Crippen molar-refractivity contribution in [1.29, 1.82) is 0 Å². The zero-order valence-corrected chi connectivity index (χ0v) is 12.9. The third-order valence-corrected chi connectivity index (χ3v) is 4.67. The van der Waals surface area contributed by atoms with Gasteiger partial charge in [-0.15, -0.1) is 0 Å². The maximum absolute atomic E-state index is 12.8. The van der Waals surface area contributed by atoms with Gasteiger partial charge in [-0.25, -0.2) is 0 Å². The summed E-state index contributed by atoms with van der Waals surface area (Å²) in [5.41, 5.74) is 0.330. The Hall–Kier alpha value is -1.03. The highest BCUT2D eigenvalue weighted by Gasteiger charge is 2.34. The monoisotopic (exact) mass is 299 g/mol. The molecule has 1 fully saturated rings. The number of benzene rings is 1. The number of halogens is 3. The van der Waals surface area contributed by atoms with E-state index in [0.29, 0.717) is 11.6 Å². The third kappa shape index (κ3) is 4.00. The Labute approximate surface area is 124 Å². The van der Waals surface area contributed by atoms with Gasteiger partial charge in [-0.3, -0.25) is 0 Å². The summed E-state index contributed by atoms with van der Waals surface area (Å²) in [6, 6.07) is 5.92. The number of nitrogens with one attached hydrogen (secondary N) is 1. The predicted molar refractivity (Wildman–Crippen MR) is 79.0 cm³/mol. The summed E-state index contributed by atoms with van der Waals surface area (Å²) in [6.07, 6.45) is 0.412. The summed E-state index contributed by atoms with van der Waals surface area (Å²) >= 11 is 0. The molecule has 4 heteroatoms. The van der Waals surface area contributed by atoms with Gasteiger partial charge in [0.1, 0.15) is 0 Å². The second-order valence-corrected chi connectivity index (χ2v) is 6.80. The molecule has 1 aliphatic carbocycles. The topological polar surface area (TPSA) is 12.0 Å². The Morgan fingerprint density at radius 3 is 2.57 bits per heavy atom. The van der Waals surface area contributed by atoms with E-state index in [1.165, 1.54) is 31.4 Å². The lowest BCUT2D eigenvalue weighted by Crippen LogP contribution is -2.45. The maximum Gasteiger partial charge on any atom is 0.416 e. The van der Waals surface area contributed by atoms with Crippen LogP contribution in [0.15, 0.2) is 24.3 Å². The Morgan fingerprint density at radius 1 is 1.24 bits per heavy atom. The van der Waals surface area contributed by atoms with Crippen molar-refractivity contribution in [2.75, 3.05) is 0 Å². The van der Waals surface area contributed by atoms with E-state index in [0.717, 1.165) is 12.5 Å². The van der Waals surface area contributed by atoms with Gasteiger partial charge in [0.2, 0.25) is 0 Å². The molecule has 0 aliphatic heterocycles. The van der Waals surface area contributed by atoms with E-state index in [9.17, 15) is 13.2 Å². The van der Waals surface area contributed by atoms with Gasteiger partial charge in [0.25, 0.3) is 0 Å². The second kappa shape index (κ2) is 5.99. The highest BCUT2D eigenvalue weighted by Crippen LogP contribution is 2.37. The van der Waals surface area contributed by atoms with Crippen LogP contribution in [0.25, 0.3) is 0 Å². The van der Waals surface area contributed by atoms with E-state index in [4.69, 9.17) is 0 Å². The molecule has 1 nitrogen and oxygen atoms in total. The second-order valence-electron chi connectivity index (χ2n) is 6.80. The Bertz CT molecular complexity index is 479. The third-order valence-electron chi connectivity index (χ3n) is 4.67. The van der Waals surface area contributed by atoms with Crippen molar-refractivity contribution in [3.63, 3.8) is 0 Å². The van der Waals surface area contributed by atoms with Crippen molar-refractivity contribution >= 4 is 0 Å². The molecule has 2 atom stereocenters. The Balaban J connectivity index is 2.11. The van der Waals surface area contributed by atoms with Crippen LogP contribution in [0.4, 0.5) is 13.2 Å². The van der Waals surface area contributed by atoms with Crippen LogP contribution in [0.5, 0.6) is 0 Å². The Morgan fingerprint density at radius 2 is 1.95 bits per heavy atom. The smallest absolute Gasteiger partial charge is 0.307 e.